The third-order valence-electron chi connectivity index (χ3n) is 8.69. The molecule has 2 saturated heterocycles. The predicted molar refractivity (Wildman–Crippen MR) is 199 cm³/mol. The molecule has 4 amide bonds. The Kier molecular flexibility index (Phi) is 20.1. The maximum absolute atomic E-state index is 13.8. The molecule has 296 valence electrons. The summed E-state index contributed by atoms with van der Waals surface area (Å²) in [5.41, 5.74) is 5.98. The average Bonchev–Trinajstić information content (AvgIpc) is 3.13. The van der Waals surface area contributed by atoms with E-state index in [4.69, 9.17) is 10.8 Å². The first kappa shape index (κ1) is 46.3. The van der Waals surface area contributed by atoms with Crippen molar-refractivity contribution in [1.29, 1.82) is 0 Å². The van der Waals surface area contributed by atoms with Gasteiger partial charge in [0.2, 0.25) is 29.4 Å². The van der Waals surface area contributed by atoms with Crippen LogP contribution in [-0.4, -0.2) is 139 Å². The van der Waals surface area contributed by atoms with Crippen molar-refractivity contribution < 1.29 is 38.0 Å². The number of hydrogen-bond donors (Lipinski definition) is 4. The molecule has 0 aliphatic carbocycles. The number of rotatable bonds is 11. The number of carbonyl (C=O) groups is 4. The van der Waals surface area contributed by atoms with Crippen LogP contribution in [0.1, 0.15) is 45.2 Å². The molecule has 17 heteroatoms. The highest BCUT2D eigenvalue weighted by molar-refractivity contribution is 5.88. The van der Waals surface area contributed by atoms with Crippen molar-refractivity contribution in [1.82, 2.24) is 30.2 Å². The molecule has 5 N–H and O–H groups in total. The minimum absolute atomic E-state index is 0. The lowest BCUT2D eigenvalue weighted by atomic mass is 10.0. The fraction of sp³-hybridized carbons (Fsp3) is 0.556. The standard InChI is InChI=1S/C17H23FN4O4.C17H25FN4O2.CH4O.CH4/c1-3-16(23)19-14(17(24)21-8-6-20(2)7-9-21)11-12-4-5-15(22(25)26)13(18)10-12;1-3-16(23)20-15(11-12-4-5-14(19)13(18)10-12)17(24)22-8-6-21(2)7-9-22;1-2;/h4-5,10,14H,3,6-9,11H2,1-2H3,(H,19,23);4-5,10,15H,3,6-9,11,19H2,1-2H3,(H,20,23);2H,1H3;1H4/t14-;15-;;/m11../s1. The van der Waals surface area contributed by atoms with Gasteiger partial charge in [-0.15, -0.1) is 0 Å². The SMILES string of the molecule is C.CCC(=O)N[C@H](Cc1ccc(N)c(F)c1)C(=O)N1CCN(C)CC1.CCC(=O)N[C@H](Cc1ccc([N+](=O)[O-])c(F)c1)C(=O)N1CCN(C)CC1.CO. The molecule has 2 atom stereocenters. The molecule has 0 saturated carbocycles. The second-order valence-electron chi connectivity index (χ2n) is 12.5. The fourth-order valence-corrected chi connectivity index (χ4v) is 5.48. The maximum Gasteiger partial charge on any atom is 0.304 e. The Bertz CT molecular complexity index is 1520. The number of aliphatic hydroxyl groups is 1. The van der Waals surface area contributed by atoms with Crippen molar-refractivity contribution in [3.05, 3.63) is 69.3 Å². The van der Waals surface area contributed by atoms with E-state index in [2.05, 4.69) is 20.4 Å². The van der Waals surface area contributed by atoms with Crippen LogP contribution in [-0.2, 0) is 32.0 Å². The van der Waals surface area contributed by atoms with E-state index in [1.807, 2.05) is 14.1 Å². The second-order valence-corrected chi connectivity index (χ2v) is 12.5. The number of amides is 4. The van der Waals surface area contributed by atoms with E-state index in [0.29, 0.717) is 43.7 Å². The molecule has 2 heterocycles. The van der Waals surface area contributed by atoms with Gasteiger partial charge in [0.15, 0.2) is 0 Å². The number of hydrogen-bond acceptors (Lipinski definition) is 10. The number of nitrogens with two attached hydrogens (primary N) is 1. The summed E-state index contributed by atoms with van der Waals surface area (Å²) in [6, 6.07) is 6.48. The number of aliphatic hydroxyl groups excluding tert-OH is 1. The summed E-state index contributed by atoms with van der Waals surface area (Å²) in [6.07, 6.45) is 0.837. The first-order chi connectivity index (χ1) is 24.7. The van der Waals surface area contributed by atoms with Crippen LogP contribution in [0.25, 0.3) is 0 Å². The van der Waals surface area contributed by atoms with Crippen LogP contribution in [0.2, 0.25) is 0 Å². The van der Waals surface area contributed by atoms with Gasteiger partial charge in [0.25, 0.3) is 0 Å². The number of nitrogens with zero attached hydrogens (tertiary/aromatic N) is 5. The summed E-state index contributed by atoms with van der Waals surface area (Å²) in [5, 5.41) is 23.2. The Morgan fingerprint density at radius 3 is 1.47 bits per heavy atom. The van der Waals surface area contributed by atoms with Gasteiger partial charge in [0, 0.05) is 91.2 Å². The Labute approximate surface area is 310 Å². The highest BCUT2D eigenvalue weighted by atomic mass is 19.1. The number of piperazine rings is 2. The lowest BCUT2D eigenvalue weighted by molar-refractivity contribution is -0.387. The molecule has 0 radical (unpaired) electrons. The van der Waals surface area contributed by atoms with Crippen molar-refractivity contribution >= 4 is 35.0 Å². The number of nitrogen functional groups attached to an aromatic ring is 1. The lowest BCUT2D eigenvalue weighted by Crippen LogP contribution is -2.54. The van der Waals surface area contributed by atoms with Gasteiger partial charge in [0.05, 0.1) is 10.6 Å². The Balaban J connectivity index is 0.000000499. The number of halogens is 2. The van der Waals surface area contributed by atoms with E-state index in [-0.39, 0.29) is 56.0 Å². The van der Waals surface area contributed by atoms with E-state index in [0.717, 1.165) is 45.4 Å². The minimum atomic E-state index is -0.958. The number of anilines is 1. The molecule has 2 aromatic rings. The van der Waals surface area contributed by atoms with Crippen molar-refractivity contribution in [3.63, 3.8) is 0 Å². The smallest absolute Gasteiger partial charge is 0.304 e. The van der Waals surface area contributed by atoms with Crippen molar-refractivity contribution in [2.75, 3.05) is 79.3 Å². The van der Waals surface area contributed by atoms with E-state index < -0.39 is 34.3 Å². The third-order valence-corrected chi connectivity index (χ3v) is 8.69. The van der Waals surface area contributed by atoms with Crippen LogP contribution in [0.3, 0.4) is 0 Å². The van der Waals surface area contributed by atoms with Gasteiger partial charge in [-0.1, -0.05) is 33.4 Å². The highest BCUT2D eigenvalue weighted by Crippen LogP contribution is 2.20. The van der Waals surface area contributed by atoms with Crippen LogP contribution < -0.4 is 16.4 Å². The molecule has 15 nitrogen and oxygen atoms in total. The van der Waals surface area contributed by atoms with E-state index >= 15 is 0 Å². The van der Waals surface area contributed by atoms with E-state index in [9.17, 15) is 38.1 Å². The first-order valence-electron chi connectivity index (χ1n) is 17.2. The molecule has 2 fully saturated rings. The predicted octanol–water partition coefficient (Wildman–Crippen LogP) is 1.81. The Morgan fingerprint density at radius 1 is 0.755 bits per heavy atom. The number of likely N-dealkylation sites (N-methyl/N-ethyl adjacent to an activating group) is 2. The van der Waals surface area contributed by atoms with Crippen LogP contribution >= 0.6 is 0 Å². The average molecular weight is 751 g/mol. The molecular formula is C36H56F2N8O7. The molecule has 0 aromatic heterocycles. The molecule has 4 rings (SSSR count). The normalized spacial score (nSPS) is 15.6. The summed E-state index contributed by atoms with van der Waals surface area (Å²) in [6.45, 7) is 8.87. The molecule has 0 bridgehead atoms. The zero-order chi connectivity index (χ0) is 39.0. The highest BCUT2D eigenvalue weighted by Gasteiger charge is 2.30. The summed E-state index contributed by atoms with van der Waals surface area (Å²) < 4.78 is 27.5. The molecule has 0 unspecified atom stereocenters. The zero-order valence-electron chi connectivity index (χ0n) is 30.6. The molecule has 2 aliphatic heterocycles. The van der Waals surface area contributed by atoms with Crippen molar-refractivity contribution in [2.45, 2.75) is 59.0 Å². The molecular weight excluding hydrogens is 694 g/mol. The summed E-state index contributed by atoms with van der Waals surface area (Å²) in [7, 11) is 4.98. The number of nitro benzene ring substituents is 1. The number of nitrogens with one attached hydrogen (secondary N) is 2. The lowest BCUT2D eigenvalue weighted by Gasteiger charge is -2.34. The van der Waals surface area contributed by atoms with Crippen LogP contribution in [0.15, 0.2) is 36.4 Å². The monoisotopic (exact) mass is 750 g/mol. The second kappa shape index (κ2) is 23.0. The Hall–Kier alpha value is -4.74. The fourth-order valence-electron chi connectivity index (χ4n) is 5.48. The molecule has 0 spiro atoms. The van der Waals surface area contributed by atoms with Gasteiger partial charge < -0.3 is 41.1 Å². The van der Waals surface area contributed by atoms with Crippen LogP contribution in [0.4, 0.5) is 20.2 Å². The van der Waals surface area contributed by atoms with Gasteiger partial charge in [-0.05, 0) is 43.4 Å². The summed E-state index contributed by atoms with van der Waals surface area (Å²) in [5.74, 6) is -2.29. The first-order valence-corrected chi connectivity index (χ1v) is 17.2. The summed E-state index contributed by atoms with van der Waals surface area (Å²) in [4.78, 5) is 66.8. The van der Waals surface area contributed by atoms with Gasteiger partial charge >= 0.3 is 5.69 Å². The van der Waals surface area contributed by atoms with Crippen molar-refractivity contribution in [3.8, 4) is 0 Å². The largest absolute Gasteiger partial charge is 0.400 e. The van der Waals surface area contributed by atoms with Gasteiger partial charge in [-0.2, -0.15) is 4.39 Å². The number of benzene rings is 2. The molecule has 53 heavy (non-hydrogen) atoms. The van der Waals surface area contributed by atoms with E-state index in [1.54, 1.807) is 29.7 Å². The Morgan fingerprint density at radius 2 is 1.13 bits per heavy atom. The molecule has 2 aromatic carbocycles. The molecule has 2 aliphatic rings. The van der Waals surface area contributed by atoms with Crippen molar-refractivity contribution in [2.24, 2.45) is 0 Å². The zero-order valence-corrected chi connectivity index (χ0v) is 30.6. The van der Waals surface area contributed by atoms with Crippen LogP contribution in [0.5, 0.6) is 0 Å². The van der Waals surface area contributed by atoms with Gasteiger partial charge in [-0.25, -0.2) is 4.39 Å². The number of carbonyl (C=O) groups excluding carboxylic acids is 4. The van der Waals surface area contributed by atoms with E-state index in [1.165, 1.54) is 18.2 Å². The van der Waals surface area contributed by atoms with Gasteiger partial charge in [0.1, 0.15) is 17.9 Å². The number of nitro groups is 1. The maximum atomic E-state index is 13.8. The van der Waals surface area contributed by atoms with Gasteiger partial charge in [-0.3, -0.25) is 29.3 Å². The minimum Gasteiger partial charge on any atom is -0.400 e. The quantitative estimate of drug-likeness (QED) is 0.150. The topological polar surface area (TPSA) is 195 Å². The third kappa shape index (κ3) is 14.7. The summed E-state index contributed by atoms with van der Waals surface area (Å²) >= 11 is 0. The van der Waals surface area contributed by atoms with Crippen LogP contribution in [0, 0.1) is 21.7 Å².